The Labute approximate surface area is 400 Å². The summed E-state index contributed by atoms with van der Waals surface area (Å²) >= 11 is 12.5. The maximum absolute atomic E-state index is 12.6. The van der Waals surface area contributed by atoms with Gasteiger partial charge in [-0.15, -0.1) is 0 Å². The highest BCUT2D eigenvalue weighted by Gasteiger charge is 2.37. The molecule has 6 aromatic rings. The first kappa shape index (κ1) is 49.4. The molecule has 0 bridgehead atoms. The van der Waals surface area contributed by atoms with Gasteiger partial charge >= 0.3 is 11.9 Å². The van der Waals surface area contributed by atoms with Crippen LogP contribution in [0, 0.1) is 11.8 Å². The molecule has 0 atom stereocenters. The fraction of sp³-hybridized carbons (Fsp3) is 0.360. The standard InChI is InChI=1S/2C25H25ClO8/c2*1-29-21-11-14(20-13-19(27)17-5-4-6-18(26)23(17)34-20)12-22(24(21)30-2)33-8-7-32-16-9-15(10-16)25(28)31-3/h2*4-6,11-13,15-16H,7-10H2,1-3H3. The fourth-order valence-electron chi connectivity index (χ4n) is 7.78. The third-order valence-electron chi connectivity index (χ3n) is 11.5. The van der Waals surface area contributed by atoms with Gasteiger partial charge in [0.15, 0.2) is 45.0 Å². The summed E-state index contributed by atoms with van der Waals surface area (Å²) in [5.74, 6) is 2.49. The van der Waals surface area contributed by atoms with Gasteiger partial charge in [0.2, 0.25) is 11.5 Å². The van der Waals surface area contributed by atoms with Crippen LogP contribution in [0.5, 0.6) is 34.5 Å². The van der Waals surface area contributed by atoms with E-state index in [1.54, 1.807) is 60.7 Å². The Kier molecular flexibility index (Phi) is 16.4. The van der Waals surface area contributed by atoms with Crippen LogP contribution < -0.4 is 39.3 Å². The molecule has 2 fully saturated rings. The van der Waals surface area contributed by atoms with Crippen LogP contribution in [-0.2, 0) is 28.5 Å². The molecule has 18 heteroatoms. The molecule has 2 saturated carbocycles. The van der Waals surface area contributed by atoms with Gasteiger partial charge < -0.3 is 56.2 Å². The topological polar surface area (TPSA) is 187 Å². The van der Waals surface area contributed by atoms with Crippen LogP contribution in [0.1, 0.15) is 25.7 Å². The molecule has 2 aromatic heterocycles. The lowest BCUT2D eigenvalue weighted by Crippen LogP contribution is -2.37. The molecule has 8 rings (SSSR count). The molecular formula is C50H50Cl2O16. The molecular weight excluding hydrogens is 927 g/mol. The lowest BCUT2D eigenvalue weighted by Gasteiger charge is -2.32. The van der Waals surface area contributed by atoms with Crippen molar-refractivity contribution in [2.75, 3.05) is 69.1 Å². The molecule has 0 spiro atoms. The van der Waals surface area contributed by atoms with Crippen molar-refractivity contribution >= 4 is 57.1 Å². The monoisotopic (exact) mass is 976 g/mol. The molecule has 0 N–H and O–H groups in total. The Morgan fingerprint density at radius 2 is 0.912 bits per heavy atom. The highest BCUT2D eigenvalue weighted by Crippen LogP contribution is 2.44. The summed E-state index contributed by atoms with van der Waals surface area (Å²) in [5, 5.41) is 1.48. The molecule has 2 aliphatic carbocycles. The van der Waals surface area contributed by atoms with Gasteiger partial charge in [-0.05, 0) is 74.2 Å². The number of hydrogen-bond acceptors (Lipinski definition) is 16. The summed E-state index contributed by atoms with van der Waals surface area (Å²) in [6.45, 7) is 1.15. The van der Waals surface area contributed by atoms with Gasteiger partial charge in [0.25, 0.3) is 0 Å². The van der Waals surface area contributed by atoms with Crippen LogP contribution >= 0.6 is 23.2 Å². The summed E-state index contributed by atoms with van der Waals surface area (Å²) in [7, 11) is 8.82. The van der Waals surface area contributed by atoms with Gasteiger partial charge in [-0.2, -0.15) is 0 Å². The molecule has 0 saturated heterocycles. The number of carbonyl (C=O) groups is 2. The first-order valence-electron chi connectivity index (χ1n) is 21.5. The Morgan fingerprint density at radius 1 is 0.529 bits per heavy atom. The third kappa shape index (κ3) is 11.1. The molecule has 68 heavy (non-hydrogen) atoms. The van der Waals surface area contributed by atoms with E-state index in [0.717, 1.165) is 0 Å². The molecule has 4 aromatic carbocycles. The van der Waals surface area contributed by atoms with Crippen LogP contribution in [0.2, 0.25) is 10.0 Å². The average molecular weight is 978 g/mol. The van der Waals surface area contributed by atoms with E-state index < -0.39 is 0 Å². The van der Waals surface area contributed by atoms with Crippen molar-refractivity contribution in [2.45, 2.75) is 37.9 Å². The van der Waals surface area contributed by atoms with Crippen molar-refractivity contribution in [2.24, 2.45) is 11.8 Å². The van der Waals surface area contributed by atoms with E-state index in [2.05, 4.69) is 0 Å². The van der Waals surface area contributed by atoms with E-state index >= 15 is 0 Å². The summed E-state index contributed by atoms with van der Waals surface area (Å²) in [4.78, 5) is 48.2. The average Bonchev–Trinajstić information content (AvgIpc) is 3.32. The number of para-hydroxylation sites is 2. The van der Waals surface area contributed by atoms with Gasteiger partial charge in [0.1, 0.15) is 24.7 Å². The van der Waals surface area contributed by atoms with E-state index in [1.807, 2.05) is 0 Å². The van der Waals surface area contributed by atoms with Crippen LogP contribution in [0.15, 0.2) is 91.2 Å². The van der Waals surface area contributed by atoms with E-state index in [0.29, 0.717) is 128 Å². The molecule has 0 radical (unpaired) electrons. The second-order valence-corrected chi connectivity index (χ2v) is 16.5. The Morgan fingerprint density at radius 3 is 1.26 bits per heavy atom. The number of ether oxygens (including phenoxy) is 10. The Bertz CT molecular complexity index is 2690. The minimum absolute atomic E-state index is 0.00656. The zero-order valence-corrected chi connectivity index (χ0v) is 39.7. The first-order valence-corrected chi connectivity index (χ1v) is 22.3. The van der Waals surface area contributed by atoms with Crippen LogP contribution in [-0.4, -0.2) is 93.2 Å². The number of carbonyl (C=O) groups excluding carboxylic acids is 2. The van der Waals surface area contributed by atoms with Crippen LogP contribution in [0.4, 0.5) is 0 Å². The lowest BCUT2D eigenvalue weighted by atomic mass is 9.82. The third-order valence-corrected chi connectivity index (χ3v) is 12.1. The van der Waals surface area contributed by atoms with Crippen LogP contribution in [0.3, 0.4) is 0 Å². The zero-order chi connectivity index (χ0) is 48.5. The van der Waals surface area contributed by atoms with E-state index in [4.69, 9.17) is 79.4 Å². The van der Waals surface area contributed by atoms with Crippen molar-refractivity contribution < 1.29 is 65.8 Å². The molecule has 2 heterocycles. The van der Waals surface area contributed by atoms with Crippen LogP contribution in [0.25, 0.3) is 44.6 Å². The van der Waals surface area contributed by atoms with Gasteiger partial charge in [0.05, 0.1) is 101 Å². The lowest BCUT2D eigenvalue weighted by molar-refractivity contribution is -0.155. The Hall–Kier alpha value is -6.46. The minimum atomic E-state index is -0.213. The maximum atomic E-state index is 12.6. The largest absolute Gasteiger partial charge is 0.493 e. The minimum Gasteiger partial charge on any atom is -0.493 e. The number of benzene rings is 4. The molecule has 2 aliphatic rings. The number of methoxy groups -OCH3 is 6. The maximum Gasteiger partial charge on any atom is 0.308 e. The zero-order valence-electron chi connectivity index (χ0n) is 38.2. The molecule has 0 aliphatic heterocycles. The van der Waals surface area contributed by atoms with Crippen molar-refractivity contribution in [3.8, 4) is 57.1 Å². The highest BCUT2D eigenvalue weighted by molar-refractivity contribution is 6.35. The van der Waals surface area contributed by atoms with Gasteiger partial charge in [-0.1, -0.05) is 35.3 Å². The number of halogens is 2. The second-order valence-electron chi connectivity index (χ2n) is 15.7. The number of rotatable bonds is 18. The van der Waals surface area contributed by atoms with Gasteiger partial charge in [-0.25, -0.2) is 0 Å². The summed E-state index contributed by atoms with van der Waals surface area (Å²) in [5.41, 5.74) is 1.32. The van der Waals surface area contributed by atoms with Crippen molar-refractivity contribution in [1.82, 2.24) is 0 Å². The molecule has 360 valence electrons. The normalized spacial score (nSPS) is 17.2. The first-order chi connectivity index (χ1) is 32.9. The van der Waals surface area contributed by atoms with Gasteiger partial charge in [0, 0.05) is 23.3 Å². The van der Waals surface area contributed by atoms with Crippen molar-refractivity contribution in [3.05, 3.63) is 103 Å². The number of esters is 2. The molecule has 16 nitrogen and oxygen atoms in total. The molecule has 0 amide bonds. The number of hydrogen-bond donors (Lipinski definition) is 0. The predicted octanol–water partition coefficient (Wildman–Crippen LogP) is 8.96. The Balaban J connectivity index is 0.000000201. The summed E-state index contributed by atoms with van der Waals surface area (Å²) in [6, 6.07) is 19.7. The fourth-order valence-corrected chi connectivity index (χ4v) is 8.21. The van der Waals surface area contributed by atoms with E-state index in [-0.39, 0.29) is 60.1 Å². The van der Waals surface area contributed by atoms with E-state index in [9.17, 15) is 19.2 Å². The summed E-state index contributed by atoms with van der Waals surface area (Å²) < 4.78 is 66.7. The van der Waals surface area contributed by atoms with E-state index in [1.165, 1.54) is 54.8 Å². The quantitative estimate of drug-likeness (QED) is 0.0586. The second kappa shape index (κ2) is 22.6. The predicted molar refractivity (Wildman–Crippen MR) is 252 cm³/mol. The number of fused-ring (bicyclic) bond motifs is 2. The van der Waals surface area contributed by atoms with Crippen molar-refractivity contribution in [3.63, 3.8) is 0 Å². The smallest absolute Gasteiger partial charge is 0.308 e. The van der Waals surface area contributed by atoms with Crippen molar-refractivity contribution in [1.29, 1.82) is 0 Å². The molecule has 0 unspecified atom stereocenters. The SMILES string of the molecule is COC(=O)C1CC(OCCOc2cc(-c3cc(=O)c4cccc(Cl)c4o3)cc(OC)c2OC)C1.COC(=O)C1CC(OCCOc2cc(-c3cc(=O)c4cccc(Cl)c4o3)cc(OC)c2OC)C1. The summed E-state index contributed by atoms with van der Waals surface area (Å²) in [6.07, 6.45) is 2.58. The van der Waals surface area contributed by atoms with Gasteiger partial charge in [-0.3, -0.25) is 19.2 Å². The highest BCUT2D eigenvalue weighted by atomic mass is 35.5.